The highest BCUT2D eigenvalue weighted by Crippen LogP contribution is 2.28. The van der Waals surface area contributed by atoms with Gasteiger partial charge in [-0.05, 0) is 19.2 Å². The van der Waals surface area contributed by atoms with E-state index in [1.807, 2.05) is 0 Å². The first-order valence-corrected chi connectivity index (χ1v) is 8.28. The quantitative estimate of drug-likeness (QED) is 0.559. The van der Waals surface area contributed by atoms with Gasteiger partial charge < -0.3 is 10.0 Å². The van der Waals surface area contributed by atoms with Gasteiger partial charge in [0.1, 0.15) is 0 Å². The van der Waals surface area contributed by atoms with Gasteiger partial charge in [-0.3, -0.25) is 4.79 Å². The Morgan fingerprint density at radius 1 is 1.14 bits per heavy atom. The Kier molecular flexibility index (Phi) is 7.47. The molecule has 1 N–H and O–H groups in total. The number of rotatable bonds is 9. The van der Waals surface area contributed by atoms with Gasteiger partial charge in [-0.15, -0.1) is 11.8 Å². The minimum absolute atomic E-state index is 0.0107. The first-order chi connectivity index (χ1) is 10.0. The second kappa shape index (κ2) is 8.85. The molecule has 0 aliphatic carbocycles. The number of nitrogens with zero attached hydrogens (tertiary/aromatic N) is 1. The molecule has 0 unspecified atom stereocenters. The number of aromatic carboxylic acids is 1. The van der Waals surface area contributed by atoms with Gasteiger partial charge in [0.2, 0.25) is 0 Å². The van der Waals surface area contributed by atoms with E-state index in [9.17, 15) is 14.7 Å². The number of benzene rings is 1. The molecule has 0 aliphatic heterocycles. The largest absolute Gasteiger partial charge is 0.478 e. The number of hydrogen-bond donors (Lipinski definition) is 1. The van der Waals surface area contributed by atoms with Crippen LogP contribution in [0.5, 0.6) is 0 Å². The molecule has 0 saturated heterocycles. The molecule has 1 aromatic rings. The fraction of sp³-hybridized carbons (Fsp3) is 0.500. The molecule has 0 aromatic heterocycles. The van der Waals surface area contributed by atoms with Crippen LogP contribution in [0.25, 0.3) is 0 Å². The number of carboxylic acid groups (broad SMARTS) is 1. The van der Waals surface area contributed by atoms with E-state index >= 15 is 0 Å². The summed E-state index contributed by atoms with van der Waals surface area (Å²) >= 11 is 1.46. The Hall–Kier alpha value is -1.33. The number of hydrogen-bond acceptors (Lipinski definition) is 4. The zero-order valence-corrected chi connectivity index (χ0v) is 13.7. The molecule has 0 radical (unpaired) electrons. The maximum atomic E-state index is 12.0. The minimum Gasteiger partial charge on any atom is -0.478 e. The molecule has 116 valence electrons. The first-order valence-electron chi connectivity index (χ1n) is 7.29. The first kappa shape index (κ1) is 17.7. The highest BCUT2D eigenvalue weighted by molar-refractivity contribution is 7.99. The average Bonchev–Trinajstić information content (AvgIpc) is 2.50. The molecule has 1 aromatic carbocycles. The molecule has 0 saturated carbocycles. The van der Waals surface area contributed by atoms with Crippen molar-refractivity contribution in [3.05, 3.63) is 29.3 Å². The van der Waals surface area contributed by atoms with E-state index in [0.717, 1.165) is 25.4 Å². The zero-order valence-electron chi connectivity index (χ0n) is 12.9. The second-order valence-electron chi connectivity index (χ2n) is 4.64. The van der Waals surface area contributed by atoms with E-state index in [0.29, 0.717) is 16.9 Å². The molecule has 0 spiro atoms. The fourth-order valence-corrected chi connectivity index (χ4v) is 3.29. The Labute approximate surface area is 130 Å². The summed E-state index contributed by atoms with van der Waals surface area (Å²) in [6, 6.07) is 4.92. The summed E-state index contributed by atoms with van der Waals surface area (Å²) < 4.78 is 0. The van der Waals surface area contributed by atoms with Gasteiger partial charge in [-0.2, -0.15) is 0 Å². The van der Waals surface area contributed by atoms with Crippen molar-refractivity contribution in [3.63, 3.8) is 0 Å². The summed E-state index contributed by atoms with van der Waals surface area (Å²) in [6.07, 6.45) is 0.382. The summed E-state index contributed by atoms with van der Waals surface area (Å²) in [5.41, 5.74) is 0.751. The zero-order chi connectivity index (χ0) is 15.8. The molecule has 0 heterocycles. The summed E-state index contributed by atoms with van der Waals surface area (Å²) in [6.45, 7) is 8.82. The molecular formula is C16H23NO3S. The van der Waals surface area contributed by atoms with Gasteiger partial charge in [0.15, 0.2) is 5.78 Å². The van der Waals surface area contributed by atoms with E-state index in [-0.39, 0.29) is 11.3 Å². The number of carboxylic acids is 1. The summed E-state index contributed by atoms with van der Waals surface area (Å²) in [4.78, 5) is 26.2. The van der Waals surface area contributed by atoms with Gasteiger partial charge in [0.25, 0.3) is 0 Å². The van der Waals surface area contributed by atoms with Crippen molar-refractivity contribution >= 4 is 23.5 Å². The lowest BCUT2D eigenvalue weighted by Gasteiger charge is -2.18. The maximum absolute atomic E-state index is 12.0. The van der Waals surface area contributed by atoms with Crippen LogP contribution in [0.15, 0.2) is 23.1 Å². The number of carbonyl (C=O) groups excluding carboxylic acids is 1. The van der Waals surface area contributed by atoms with Crippen molar-refractivity contribution in [2.24, 2.45) is 0 Å². The Morgan fingerprint density at radius 3 is 2.29 bits per heavy atom. The Bertz CT molecular complexity index is 498. The van der Waals surface area contributed by atoms with Gasteiger partial charge in [0, 0.05) is 29.2 Å². The van der Waals surface area contributed by atoms with Crippen molar-refractivity contribution in [3.8, 4) is 0 Å². The average molecular weight is 309 g/mol. The van der Waals surface area contributed by atoms with Crippen LogP contribution in [0.1, 0.15) is 47.9 Å². The summed E-state index contributed by atoms with van der Waals surface area (Å²) in [7, 11) is 0. The van der Waals surface area contributed by atoms with Crippen LogP contribution in [0, 0.1) is 0 Å². The highest BCUT2D eigenvalue weighted by atomic mass is 32.2. The van der Waals surface area contributed by atoms with E-state index in [4.69, 9.17) is 0 Å². The Balaban J connectivity index is 2.96. The summed E-state index contributed by atoms with van der Waals surface area (Å²) in [5.74, 6) is -0.217. The van der Waals surface area contributed by atoms with E-state index in [1.165, 1.54) is 11.8 Å². The molecule has 4 nitrogen and oxygen atoms in total. The fourth-order valence-electron chi connectivity index (χ4n) is 2.09. The van der Waals surface area contributed by atoms with Crippen LogP contribution in [0.2, 0.25) is 0 Å². The van der Waals surface area contributed by atoms with Crippen LogP contribution in [-0.4, -0.2) is 47.1 Å². The molecule has 0 amide bonds. The number of Topliss-reactive ketones (excluding diaryl/α,β-unsaturated/α-hetero) is 1. The molecule has 5 heteroatoms. The summed E-state index contributed by atoms with van der Waals surface area (Å²) in [5, 5.41) is 9.31. The number of thioether (sulfide) groups is 1. The predicted molar refractivity (Wildman–Crippen MR) is 86.5 cm³/mol. The van der Waals surface area contributed by atoms with Crippen molar-refractivity contribution in [2.45, 2.75) is 32.1 Å². The second-order valence-corrected chi connectivity index (χ2v) is 5.74. The SMILES string of the molecule is CCC(=O)c1cccc(C(=O)O)c1SCCN(CC)CC. The van der Waals surface area contributed by atoms with Gasteiger partial charge in [-0.1, -0.05) is 32.9 Å². The van der Waals surface area contributed by atoms with E-state index in [2.05, 4.69) is 18.7 Å². The monoisotopic (exact) mass is 309 g/mol. The third-order valence-electron chi connectivity index (χ3n) is 3.42. The molecule has 0 atom stereocenters. The van der Waals surface area contributed by atoms with Gasteiger partial charge >= 0.3 is 5.97 Å². The molecule has 0 fully saturated rings. The molecule has 0 bridgehead atoms. The molecular weight excluding hydrogens is 286 g/mol. The molecule has 0 aliphatic rings. The minimum atomic E-state index is -0.980. The van der Waals surface area contributed by atoms with E-state index in [1.54, 1.807) is 25.1 Å². The topological polar surface area (TPSA) is 57.6 Å². The predicted octanol–water partition coefficient (Wildman–Crippen LogP) is 3.41. The van der Waals surface area contributed by atoms with Gasteiger partial charge in [0.05, 0.1) is 5.56 Å². The van der Waals surface area contributed by atoms with Gasteiger partial charge in [-0.25, -0.2) is 4.79 Å². The number of carbonyl (C=O) groups is 2. The van der Waals surface area contributed by atoms with Crippen LogP contribution in [0.4, 0.5) is 0 Å². The van der Waals surface area contributed by atoms with Crippen molar-refractivity contribution in [2.75, 3.05) is 25.4 Å². The van der Waals surface area contributed by atoms with Crippen LogP contribution >= 0.6 is 11.8 Å². The molecule has 21 heavy (non-hydrogen) atoms. The normalized spacial score (nSPS) is 10.9. The third-order valence-corrected chi connectivity index (χ3v) is 4.53. The maximum Gasteiger partial charge on any atom is 0.336 e. The standard InChI is InChI=1S/C16H23NO3S/c1-4-14(18)12-8-7-9-13(16(19)20)15(12)21-11-10-17(5-2)6-3/h7-9H,4-6,10-11H2,1-3H3,(H,19,20). The Morgan fingerprint density at radius 2 is 1.76 bits per heavy atom. The number of ketones is 1. The van der Waals surface area contributed by atoms with Crippen LogP contribution < -0.4 is 0 Å². The van der Waals surface area contributed by atoms with Crippen molar-refractivity contribution < 1.29 is 14.7 Å². The van der Waals surface area contributed by atoms with Crippen molar-refractivity contribution in [1.82, 2.24) is 4.90 Å². The molecule has 1 rings (SSSR count). The van der Waals surface area contributed by atoms with Crippen LogP contribution in [0.3, 0.4) is 0 Å². The lowest BCUT2D eigenvalue weighted by Crippen LogP contribution is -2.25. The third kappa shape index (κ3) is 4.86. The van der Waals surface area contributed by atoms with Crippen LogP contribution in [-0.2, 0) is 0 Å². The van der Waals surface area contributed by atoms with E-state index < -0.39 is 5.97 Å². The lowest BCUT2D eigenvalue weighted by atomic mass is 10.1. The smallest absolute Gasteiger partial charge is 0.336 e. The lowest BCUT2D eigenvalue weighted by molar-refractivity contribution is 0.0693. The highest BCUT2D eigenvalue weighted by Gasteiger charge is 2.18. The van der Waals surface area contributed by atoms with Crippen molar-refractivity contribution in [1.29, 1.82) is 0 Å².